The highest BCUT2D eigenvalue weighted by atomic mass is 16.7. The van der Waals surface area contributed by atoms with Crippen molar-refractivity contribution in [2.75, 3.05) is 21.0 Å². The molecule has 2 atom stereocenters. The molecular weight excluding hydrogens is 312 g/mol. The van der Waals surface area contributed by atoms with Gasteiger partial charge in [0, 0.05) is 24.1 Å². The molecule has 6 nitrogen and oxygen atoms in total. The molecule has 0 radical (unpaired) electrons. The van der Waals surface area contributed by atoms with Crippen LogP contribution in [-0.2, 0) is 6.42 Å². The summed E-state index contributed by atoms with van der Waals surface area (Å²) in [6.07, 6.45) is -0.759. The molecule has 0 fully saturated rings. The number of ether oxygens (including phenoxy) is 5. The number of hydrogen-bond donors (Lipinski definition) is 1. The van der Waals surface area contributed by atoms with Crippen LogP contribution in [0.2, 0.25) is 0 Å². The van der Waals surface area contributed by atoms with Crippen molar-refractivity contribution in [2.24, 2.45) is 0 Å². The number of fused-ring (bicyclic) bond motifs is 2. The standard InChI is InChI=1S/C18H18O6/c1-20-11-6-15(21-2)12-8-13(19)18(24-16(12)7-11)10-3-4-14-17(5-10)23-9-22-14/h3-7,13,18-19H,8-9H2,1-2H3/t13-,18+/m1/s1. The second kappa shape index (κ2) is 5.79. The van der Waals surface area contributed by atoms with Gasteiger partial charge in [-0.25, -0.2) is 0 Å². The molecule has 126 valence electrons. The van der Waals surface area contributed by atoms with Crippen molar-refractivity contribution < 1.29 is 28.8 Å². The largest absolute Gasteiger partial charge is 0.496 e. The van der Waals surface area contributed by atoms with Gasteiger partial charge in [0.25, 0.3) is 0 Å². The molecular formula is C18H18O6. The van der Waals surface area contributed by atoms with Crippen molar-refractivity contribution in [1.82, 2.24) is 0 Å². The van der Waals surface area contributed by atoms with Crippen molar-refractivity contribution in [3.05, 3.63) is 41.5 Å². The quantitative estimate of drug-likeness (QED) is 0.933. The van der Waals surface area contributed by atoms with Crippen LogP contribution in [0, 0.1) is 0 Å². The summed E-state index contributed by atoms with van der Waals surface area (Å²) < 4.78 is 27.5. The van der Waals surface area contributed by atoms with Crippen molar-refractivity contribution in [1.29, 1.82) is 0 Å². The molecule has 6 heteroatoms. The van der Waals surface area contributed by atoms with Crippen LogP contribution in [-0.4, -0.2) is 32.2 Å². The molecule has 0 aromatic heterocycles. The van der Waals surface area contributed by atoms with Crippen LogP contribution in [0.15, 0.2) is 30.3 Å². The first kappa shape index (κ1) is 15.0. The van der Waals surface area contributed by atoms with Crippen molar-refractivity contribution in [3.63, 3.8) is 0 Å². The van der Waals surface area contributed by atoms with Gasteiger partial charge in [0.2, 0.25) is 6.79 Å². The van der Waals surface area contributed by atoms with E-state index in [1.165, 1.54) is 0 Å². The lowest BCUT2D eigenvalue weighted by Crippen LogP contribution is -2.30. The monoisotopic (exact) mass is 330 g/mol. The Morgan fingerprint density at radius 1 is 1.00 bits per heavy atom. The van der Waals surface area contributed by atoms with Crippen molar-refractivity contribution in [2.45, 2.75) is 18.6 Å². The van der Waals surface area contributed by atoms with Gasteiger partial charge >= 0.3 is 0 Å². The average Bonchev–Trinajstić information content (AvgIpc) is 3.08. The summed E-state index contributed by atoms with van der Waals surface area (Å²) in [6, 6.07) is 9.15. The molecule has 2 aliphatic rings. The molecule has 4 rings (SSSR count). The molecule has 0 amide bonds. The Morgan fingerprint density at radius 2 is 1.83 bits per heavy atom. The van der Waals surface area contributed by atoms with E-state index >= 15 is 0 Å². The van der Waals surface area contributed by atoms with Gasteiger partial charge in [-0.3, -0.25) is 0 Å². The Hall–Kier alpha value is -2.60. The molecule has 24 heavy (non-hydrogen) atoms. The molecule has 2 heterocycles. The van der Waals surface area contributed by atoms with E-state index in [0.717, 1.165) is 11.1 Å². The predicted octanol–water partition coefficient (Wildman–Crippen LogP) is 2.47. The van der Waals surface area contributed by atoms with Crippen molar-refractivity contribution in [3.8, 4) is 28.7 Å². The van der Waals surface area contributed by atoms with E-state index in [1.54, 1.807) is 20.3 Å². The zero-order valence-electron chi connectivity index (χ0n) is 13.4. The van der Waals surface area contributed by atoms with Gasteiger partial charge in [-0.2, -0.15) is 0 Å². The molecule has 0 saturated heterocycles. The Balaban J connectivity index is 1.71. The highest BCUT2D eigenvalue weighted by molar-refractivity contribution is 5.53. The normalized spacial score (nSPS) is 21.0. The Labute approximate surface area is 139 Å². The van der Waals surface area contributed by atoms with E-state index in [2.05, 4.69) is 0 Å². The number of benzene rings is 2. The van der Waals surface area contributed by atoms with E-state index in [0.29, 0.717) is 35.2 Å². The molecule has 1 N–H and O–H groups in total. The third-order valence-corrected chi connectivity index (χ3v) is 4.34. The van der Waals surface area contributed by atoms with E-state index < -0.39 is 12.2 Å². The molecule has 2 aromatic rings. The number of hydrogen-bond acceptors (Lipinski definition) is 6. The lowest BCUT2D eigenvalue weighted by Gasteiger charge is -2.32. The molecule has 0 saturated carbocycles. The van der Waals surface area contributed by atoms with Gasteiger partial charge in [0.1, 0.15) is 23.4 Å². The molecule has 0 bridgehead atoms. The third kappa shape index (κ3) is 2.39. The van der Waals surface area contributed by atoms with Gasteiger partial charge in [-0.1, -0.05) is 6.07 Å². The van der Waals surface area contributed by atoms with Crippen LogP contribution in [0.5, 0.6) is 28.7 Å². The summed E-state index contributed by atoms with van der Waals surface area (Å²) in [6.45, 7) is 0.212. The number of methoxy groups -OCH3 is 2. The molecule has 0 spiro atoms. The van der Waals surface area contributed by atoms with Crippen LogP contribution < -0.4 is 23.7 Å². The lowest BCUT2D eigenvalue weighted by atomic mass is 9.94. The fourth-order valence-electron chi connectivity index (χ4n) is 3.11. The SMILES string of the molecule is COc1cc(OC)c2c(c1)O[C@@H](c1ccc3c(c1)OCO3)[C@H](O)C2. The first-order valence-electron chi connectivity index (χ1n) is 7.68. The first-order chi connectivity index (χ1) is 11.7. The summed E-state index contributed by atoms with van der Waals surface area (Å²) >= 11 is 0. The lowest BCUT2D eigenvalue weighted by molar-refractivity contribution is 0.0197. The number of aliphatic hydroxyl groups is 1. The summed E-state index contributed by atoms with van der Waals surface area (Å²) in [5.41, 5.74) is 1.67. The maximum Gasteiger partial charge on any atom is 0.231 e. The highest BCUT2D eigenvalue weighted by Gasteiger charge is 2.33. The fourth-order valence-corrected chi connectivity index (χ4v) is 3.11. The highest BCUT2D eigenvalue weighted by Crippen LogP contribution is 2.44. The van der Waals surface area contributed by atoms with Crippen LogP contribution in [0.25, 0.3) is 0 Å². The first-order valence-corrected chi connectivity index (χ1v) is 7.68. The Morgan fingerprint density at radius 3 is 2.62 bits per heavy atom. The van der Waals surface area contributed by atoms with Crippen LogP contribution in [0.1, 0.15) is 17.2 Å². The van der Waals surface area contributed by atoms with Gasteiger partial charge < -0.3 is 28.8 Å². The zero-order valence-corrected chi connectivity index (χ0v) is 13.4. The van der Waals surface area contributed by atoms with Crippen molar-refractivity contribution >= 4 is 0 Å². The van der Waals surface area contributed by atoms with E-state index in [4.69, 9.17) is 23.7 Å². The second-order valence-corrected chi connectivity index (χ2v) is 5.73. The molecule has 0 aliphatic carbocycles. The minimum atomic E-state index is -0.694. The van der Waals surface area contributed by atoms with E-state index in [1.807, 2.05) is 24.3 Å². The van der Waals surface area contributed by atoms with Crippen LogP contribution >= 0.6 is 0 Å². The minimum absolute atomic E-state index is 0.212. The number of aliphatic hydroxyl groups excluding tert-OH is 1. The topological polar surface area (TPSA) is 66.4 Å². The van der Waals surface area contributed by atoms with Gasteiger partial charge in [0.05, 0.1) is 20.3 Å². The minimum Gasteiger partial charge on any atom is -0.496 e. The maximum absolute atomic E-state index is 10.6. The Kier molecular flexibility index (Phi) is 3.61. The molecule has 0 unspecified atom stereocenters. The van der Waals surface area contributed by atoms with Gasteiger partial charge in [0.15, 0.2) is 11.5 Å². The van der Waals surface area contributed by atoms with E-state index in [-0.39, 0.29) is 6.79 Å². The second-order valence-electron chi connectivity index (χ2n) is 5.73. The molecule has 2 aliphatic heterocycles. The van der Waals surface area contributed by atoms with Crippen LogP contribution in [0.3, 0.4) is 0 Å². The molecule has 2 aromatic carbocycles. The predicted molar refractivity (Wildman–Crippen MR) is 85.2 cm³/mol. The van der Waals surface area contributed by atoms with Gasteiger partial charge in [-0.05, 0) is 17.7 Å². The van der Waals surface area contributed by atoms with Crippen LogP contribution in [0.4, 0.5) is 0 Å². The summed E-state index contributed by atoms with van der Waals surface area (Å²) in [7, 11) is 3.18. The number of rotatable bonds is 3. The van der Waals surface area contributed by atoms with Gasteiger partial charge in [-0.15, -0.1) is 0 Å². The Bertz CT molecular complexity index is 772. The smallest absolute Gasteiger partial charge is 0.231 e. The zero-order chi connectivity index (χ0) is 16.7. The maximum atomic E-state index is 10.6. The summed E-state index contributed by atoms with van der Waals surface area (Å²) in [4.78, 5) is 0. The summed E-state index contributed by atoms with van der Waals surface area (Å²) in [5.74, 6) is 3.31. The third-order valence-electron chi connectivity index (χ3n) is 4.34. The van der Waals surface area contributed by atoms with E-state index in [9.17, 15) is 5.11 Å². The average molecular weight is 330 g/mol. The summed E-state index contributed by atoms with van der Waals surface area (Å²) in [5, 5.41) is 10.6. The fraction of sp³-hybridized carbons (Fsp3) is 0.333.